The van der Waals surface area contributed by atoms with Crippen molar-refractivity contribution in [3.8, 4) is 0 Å². The normalized spacial score (nSPS) is 10.8. The molecule has 4 aromatic rings. The lowest BCUT2D eigenvalue weighted by atomic mass is 10.1. The molecule has 2 aromatic heterocycles. The molecule has 2 aromatic carbocycles. The summed E-state index contributed by atoms with van der Waals surface area (Å²) >= 11 is 1.56. The van der Waals surface area contributed by atoms with E-state index in [9.17, 15) is 4.79 Å². The Morgan fingerprint density at radius 2 is 1.96 bits per heavy atom. The van der Waals surface area contributed by atoms with E-state index >= 15 is 0 Å². The summed E-state index contributed by atoms with van der Waals surface area (Å²) in [6.45, 7) is 0. The second-order valence-corrected chi connectivity index (χ2v) is 6.61. The van der Waals surface area contributed by atoms with Gasteiger partial charge in [0.2, 0.25) is 0 Å². The minimum atomic E-state index is -0.136. The Labute approximate surface area is 154 Å². The molecule has 0 saturated carbocycles. The van der Waals surface area contributed by atoms with Gasteiger partial charge in [0.25, 0.3) is 5.91 Å². The fourth-order valence-corrected chi connectivity index (χ4v) is 3.26. The number of benzene rings is 2. The zero-order valence-corrected chi connectivity index (χ0v) is 14.5. The highest BCUT2D eigenvalue weighted by Gasteiger charge is 2.07. The van der Waals surface area contributed by atoms with Crippen LogP contribution in [0.3, 0.4) is 0 Å². The van der Waals surface area contributed by atoms with Crippen LogP contribution < -0.4 is 5.32 Å². The van der Waals surface area contributed by atoms with Crippen LogP contribution in [0, 0.1) is 0 Å². The fraction of sp³-hybridized carbons (Fsp3) is 0.0526. The monoisotopic (exact) mass is 361 g/mol. The van der Waals surface area contributed by atoms with Crippen molar-refractivity contribution in [3.63, 3.8) is 0 Å². The summed E-state index contributed by atoms with van der Waals surface area (Å²) in [6, 6.07) is 17.1. The molecule has 0 aliphatic heterocycles. The minimum absolute atomic E-state index is 0.136. The summed E-state index contributed by atoms with van der Waals surface area (Å²) < 4.78 is 0. The Kier molecular flexibility index (Phi) is 4.61. The SMILES string of the molecule is O=C(Nc1ccc2ncccc2c1)c1ccc(CSc2ncn[nH]2)cc1. The predicted molar refractivity (Wildman–Crippen MR) is 102 cm³/mol. The Morgan fingerprint density at radius 1 is 1.08 bits per heavy atom. The van der Waals surface area contributed by atoms with E-state index in [2.05, 4.69) is 25.5 Å². The molecule has 4 rings (SSSR count). The lowest BCUT2D eigenvalue weighted by Crippen LogP contribution is -2.11. The van der Waals surface area contributed by atoms with Crippen molar-refractivity contribution in [2.45, 2.75) is 10.9 Å². The number of rotatable bonds is 5. The molecule has 128 valence electrons. The first-order valence-corrected chi connectivity index (χ1v) is 9.00. The predicted octanol–water partition coefficient (Wildman–Crippen LogP) is 3.90. The van der Waals surface area contributed by atoms with E-state index in [4.69, 9.17) is 0 Å². The Balaban J connectivity index is 1.42. The van der Waals surface area contributed by atoms with Crippen molar-refractivity contribution < 1.29 is 4.79 Å². The van der Waals surface area contributed by atoms with E-state index < -0.39 is 0 Å². The van der Waals surface area contributed by atoms with Gasteiger partial charge in [-0.1, -0.05) is 30.0 Å². The number of thioether (sulfide) groups is 1. The number of aromatic nitrogens is 4. The first-order valence-electron chi connectivity index (χ1n) is 8.01. The smallest absolute Gasteiger partial charge is 0.255 e. The van der Waals surface area contributed by atoms with E-state index in [-0.39, 0.29) is 5.91 Å². The molecule has 0 bridgehead atoms. The molecule has 2 N–H and O–H groups in total. The van der Waals surface area contributed by atoms with Crippen molar-refractivity contribution >= 4 is 34.3 Å². The van der Waals surface area contributed by atoms with Gasteiger partial charge in [0.1, 0.15) is 6.33 Å². The molecule has 1 amide bonds. The molecule has 0 atom stereocenters. The highest BCUT2D eigenvalue weighted by atomic mass is 32.2. The third kappa shape index (κ3) is 3.73. The van der Waals surface area contributed by atoms with Crippen LogP contribution in [-0.4, -0.2) is 26.1 Å². The second kappa shape index (κ2) is 7.37. The van der Waals surface area contributed by atoms with E-state index in [0.29, 0.717) is 5.56 Å². The van der Waals surface area contributed by atoms with E-state index in [0.717, 1.165) is 33.1 Å². The number of carbonyl (C=O) groups excluding carboxylic acids is 1. The summed E-state index contributed by atoms with van der Waals surface area (Å²) in [5.41, 5.74) is 3.38. The van der Waals surface area contributed by atoms with Gasteiger partial charge in [0.05, 0.1) is 5.52 Å². The molecule has 0 fully saturated rings. The van der Waals surface area contributed by atoms with Gasteiger partial charge in [0, 0.05) is 28.6 Å². The molecule has 6 nitrogen and oxygen atoms in total. The molecule has 0 spiro atoms. The zero-order chi connectivity index (χ0) is 17.8. The summed E-state index contributed by atoms with van der Waals surface area (Å²) in [4.78, 5) is 20.8. The van der Waals surface area contributed by atoms with Crippen LogP contribution in [0.2, 0.25) is 0 Å². The number of amides is 1. The first-order chi connectivity index (χ1) is 12.8. The van der Waals surface area contributed by atoms with E-state index in [1.165, 1.54) is 6.33 Å². The first kappa shape index (κ1) is 16.3. The number of anilines is 1. The van der Waals surface area contributed by atoms with Gasteiger partial charge in [-0.2, -0.15) is 5.10 Å². The van der Waals surface area contributed by atoms with Crippen molar-refractivity contribution in [3.05, 3.63) is 78.2 Å². The topological polar surface area (TPSA) is 83.6 Å². The Hall–Kier alpha value is -3.19. The number of hydrogen-bond acceptors (Lipinski definition) is 5. The molecule has 26 heavy (non-hydrogen) atoms. The third-order valence-corrected chi connectivity index (χ3v) is 4.79. The third-order valence-electron chi connectivity index (χ3n) is 3.85. The van der Waals surface area contributed by atoms with Gasteiger partial charge >= 0.3 is 0 Å². The number of pyridine rings is 1. The van der Waals surface area contributed by atoms with Crippen LogP contribution in [0.4, 0.5) is 5.69 Å². The number of hydrogen-bond donors (Lipinski definition) is 2. The molecule has 0 radical (unpaired) electrons. The number of fused-ring (bicyclic) bond motifs is 1. The number of nitrogens with zero attached hydrogens (tertiary/aromatic N) is 3. The van der Waals surface area contributed by atoms with Gasteiger partial charge in [-0.15, -0.1) is 0 Å². The fourth-order valence-electron chi connectivity index (χ4n) is 2.52. The van der Waals surface area contributed by atoms with Gasteiger partial charge in [0.15, 0.2) is 5.16 Å². The number of H-pyrrole nitrogens is 1. The molecule has 0 saturated heterocycles. The highest BCUT2D eigenvalue weighted by Crippen LogP contribution is 2.20. The Bertz CT molecular complexity index is 1030. The maximum Gasteiger partial charge on any atom is 0.255 e. The van der Waals surface area contributed by atoms with Gasteiger partial charge < -0.3 is 5.32 Å². The van der Waals surface area contributed by atoms with Crippen LogP contribution >= 0.6 is 11.8 Å². The Morgan fingerprint density at radius 3 is 2.77 bits per heavy atom. The van der Waals surface area contributed by atoms with Gasteiger partial charge in [-0.25, -0.2) is 4.98 Å². The van der Waals surface area contributed by atoms with Crippen LogP contribution in [0.1, 0.15) is 15.9 Å². The summed E-state index contributed by atoms with van der Waals surface area (Å²) in [6.07, 6.45) is 3.24. The number of aromatic amines is 1. The van der Waals surface area contributed by atoms with Crippen LogP contribution in [0.25, 0.3) is 10.9 Å². The molecule has 7 heteroatoms. The molecular formula is C19H15N5OS. The largest absolute Gasteiger partial charge is 0.322 e. The van der Waals surface area contributed by atoms with Gasteiger partial charge in [-0.05, 0) is 42.0 Å². The molecule has 2 heterocycles. The maximum atomic E-state index is 12.5. The summed E-state index contributed by atoms with van der Waals surface area (Å²) in [7, 11) is 0. The van der Waals surface area contributed by atoms with Crippen LogP contribution in [-0.2, 0) is 5.75 Å². The standard InChI is InChI=1S/C19H15N5OS/c25-18(23-16-7-8-17-15(10-16)2-1-9-20-17)14-5-3-13(4-6-14)11-26-19-21-12-22-24-19/h1-10,12H,11H2,(H,23,25)(H,21,22,24). The maximum absolute atomic E-state index is 12.5. The van der Waals surface area contributed by atoms with Crippen LogP contribution in [0.5, 0.6) is 0 Å². The van der Waals surface area contributed by atoms with Crippen molar-refractivity contribution in [1.29, 1.82) is 0 Å². The number of carbonyl (C=O) groups is 1. The highest BCUT2D eigenvalue weighted by molar-refractivity contribution is 7.98. The zero-order valence-electron chi connectivity index (χ0n) is 13.7. The van der Waals surface area contributed by atoms with Crippen molar-refractivity contribution in [1.82, 2.24) is 20.2 Å². The number of nitrogens with one attached hydrogen (secondary N) is 2. The lowest BCUT2D eigenvalue weighted by Gasteiger charge is -2.07. The lowest BCUT2D eigenvalue weighted by molar-refractivity contribution is 0.102. The van der Waals surface area contributed by atoms with E-state index in [1.54, 1.807) is 18.0 Å². The quantitative estimate of drug-likeness (QED) is 0.527. The molecule has 0 aliphatic rings. The second-order valence-electron chi connectivity index (χ2n) is 5.64. The molecular weight excluding hydrogens is 346 g/mol. The van der Waals surface area contributed by atoms with Crippen molar-refractivity contribution in [2.24, 2.45) is 0 Å². The summed E-state index contributed by atoms with van der Waals surface area (Å²) in [5.74, 6) is 0.622. The average molecular weight is 361 g/mol. The van der Waals surface area contributed by atoms with Gasteiger partial charge in [-0.3, -0.25) is 14.9 Å². The average Bonchev–Trinajstić information content (AvgIpc) is 3.20. The van der Waals surface area contributed by atoms with E-state index in [1.807, 2.05) is 54.6 Å². The summed E-state index contributed by atoms with van der Waals surface area (Å²) in [5, 5.41) is 11.3. The van der Waals surface area contributed by atoms with Crippen molar-refractivity contribution in [2.75, 3.05) is 5.32 Å². The van der Waals surface area contributed by atoms with Crippen LogP contribution in [0.15, 0.2) is 72.3 Å². The molecule has 0 aliphatic carbocycles. The molecule has 0 unspecified atom stereocenters. The minimum Gasteiger partial charge on any atom is -0.322 e.